The van der Waals surface area contributed by atoms with Gasteiger partial charge in [0.25, 0.3) is 5.91 Å². The molecule has 2 aromatic carbocycles. The maximum Gasteiger partial charge on any atom is 0.253 e. The first kappa shape index (κ1) is 22.3. The number of hydrogen-bond donors (Lipinski definition) is 0. The molecule has 0 radical (unpaired) electrons. The molecule has 1 heterocycles. The van der Waals surface area contributed by atoms with Gasteiger partial charge in [0, 0.05) is 38.9 Å². The second kappa shape index (κ2) is 11.1. The third kappa shape index (κ3) is 6.31. The van der Waals surface area contributed by atoms with E-state index in [2.05, 4.69) is 36.2 Å². The lowest BCUT2D eigenvalue weighted by molar-refractivity contribution is 0.0690. The van der Waals surface area contributed by atoms with Gasteiger partial charge in [-0.3, -0.25) is 9.69 Å². The maximum atomic E-state index is 12.7. The van der Waals surface area contributed by atoms with E-state index in [1.54, 1.807) is 14.2 Å². The van der Waals surface area contributed by atoms with Gasteiger partial charge in [-0.15, -0.1) is 0 Å². The molecule has 2 aromatic rings. The molecule has 0 N–H and O–H groups in total. The third-order valence-electron chi connectivity index (χ3n) is 5.92. The SMILES string of the molecule is COCCN(C)Cc1ccc(CC2CCN(C(=O)c3ccc(OC)cc3)CC2)cc1. The summed E-state index contributed by atoms with van der Waals surface area (Å²) in [5.74, 6) is 1.54. The average Bonchev–Trinajstić information content (AvgIpc) is 2.79. The van der Waals surface area contributed by atoms with Gasteiger partial charge in [0.1, 0.15) is 5.75 Å². The van der Waals surface area contributed by atoms with Gasteiger partial charge in [-0.25, -0.2) is 0 Å². The van der Waals surface area contributed by atoms with Gasteiger partial charge < -0.3 is 14.4 Å². The number of likely N-dealkylation sites (tertiary alicyclic amines) is 1. The fourth-order valence-electron chi connectivity index (χ4n) is 4.01. The van der Waals surface area contributed by atoms with E-state index < -0.39 is 0 Å². The Hall–Kier alpha value is -2.37. The lowest BCUT2D eigenvalue weighted by atomic mass is 9.89. The van der Waals surface area contributed by atoms with Crippen LogP contribution in [0.4, 0.5) is 0 Å². The standard InChI is InChI=1S/C25H34N2O3/c1-26(16-17-29-2)19-22-6-4-20(5-7-22)18-21-12-14-27(15-13-21)25(28)23-8-10-24(30-3)11-9-23/h4-11,21H,12-19H2,1-3H3. The number of methoxy groups -OCH3 is 2. The highest BCUT2D eigenvalue weighted by Crippen LogP contribution is 2.24. The van der Waals surface area contributed by atoms with Crippen LogP contribution in [0.15, 0.2) is 48.5 Å². The molecule has 0 bridgehead atoms. The zero-order valence-corrected chi connectivity index (χ0v) is 18.5. The number of benzene rings is 2. The van der Waals surface area contributed by atoms with Crippen LogP contribution in [0.3, 0.4) is 0 Å². The Morgan fingerprint density at radius 2 is 1.63 bits per heavy atom. The molecular weight excluding hydrogens is 376 g/mol. The van der Waals surface area contributed by atoms with Crippen LogP contribution in [0.25, 0.3) is 0 Å². The number of piperidine rings is 1. The second-order valence-electron chi connectivity index (χ2n) is 8.22. The summed E-state index contributed by atoms with van der Waals surface area (Å²) in [7, 11) is 5.49. The van der Waals surface area contributed by atoms with Gasteiger partial charge in [-0.2, -0.15) is 0 Å². The topological polar surface area (TPSA) is 42.0 Å². The van der Waals surface area contributed by atoms with Gasteiger partial charge in [0.05, 0.1) is 13.7 Å². The number of rotatable bonds is 9. The van der Waals surface area contributed by atoms with Crippen molar-refractivity contribution in [1.29, 1.82) is 0 Å². The molecule has 0 saturated carbocycles. The summed E-state index contributed by atoms with van der Waals surface area (Å²) in [4.78, 5) is 17.0. The van der Waals surface area contributed by atoms with Crippen LogP contribution in [-0.4, -0.2) is 63.2 Å². The van der Waals surface area contributed by atoms with Gasteiger partial charge in [-0.1, -0.05) is 24.3 Å². The molecule has 1 aliphatic heterocycles. The Bertz CT molecular complexity index is 781. The monoisotopic (exact) mass is 410 g/mol. The van der Waals surface area contributed by atoms with Crippen molar-refractivity contribution in [3.63, 3.8) is 0 Å². The minimum Gasteiger partial charge on any atom is -0.497 e. The Morgan fingerprint density at radius 1 is 1.00 bits per heavy atom. The molecule has 1 amide bonds. The molecule has 0 atom stereocenters. The van der Waals surface area contributed by atoms with Crippen molar-refractivity contribution >= 4 is 5.91 Å². The number of amides is 1. The Balaban J connectivity index is 1.45. The number of ether oxygens (including phenoxy) is 2. The summed E-state index contributed by atoms with van der Waals surface area (Å²) in [6.07, 6.45) is 3.21. The first-order valence-corrected chi connectivity index (χ1v) is 10.8. The predicted molar refractivity (Wildman–Crippen MR) is 120 cm³/mol. The quantitative estimate of drug-likeness (QED) is 0.629. The van der Waals surface area contributed by atoms with Crippen LogP contribution in [0.5, 0.6) is 5.75 Å². The molecule has 30 heavy (non-hydrogen) atoms. The lowest BCUT2D eigenvalue weighted by Gasteiger charge is -2.32. The van der Waals surface area contributed by atoms with Crippen LogP contribution in [0.2, 0.25) is 0 Å². The second-order valence-corrected chi connectivity index (χ2v) is 8.22. The molecule has 0 unspecified atom stereocenters. The van der Waals surface area contributed by atoms with Crippen molar-refractivity contribution in [1.82, 2.24) is 9.80 Å². The lowest BCUT2D eigenvalue weighted by Crippen LogP contribution is -2.38. The van der Waals surface area contributed by atoms with Crippen molar-refractivity contribution in [2.75, 3.05) is 47.5 Å². The highest BCUT2D eigenvalue weighted by atomic mass is 16.5. The molecule has 0 aromatic heterocycles. The minimum atomic E-state index is 0.123. The van der Waals surface area contributed by atoms with Crippen molar-refractivity contribution in [2.45, 2.75) is 25.8 Å². The van der Waals surface area contributed by atoms with E-state index in [1.807, 2.05) is 29.2 Å². The van der Waals surface area contributed by atoms with E-state index in [1.165, 1.54) is 11.1 Å². The molecule has 1 saturated heterocycles. The minimum absolute atomic E-state index is 0.123. The molecule has 5 heteroatoms. The Morgan fingerprint density at radius 3 is 2.23 bits per heavy atom. The number of nitrogens with zero attached hydrogens (tertiary/aromatic N) is 2. The van der Waals surface area contributed by atoms with E-state index in [0.29, 0.717) is 5.92 Å². The van der Waals surface area contributed by atoms with Crippen LogP contribution in [-0.2, 0) is 17.7 Å². The van der Waals surface area contributed by atoms with Gasteiger partial charge in [0.2, 0.25) is 0 Å². The summed E-state index contributed by atoms with van der Waals surface area (Å²) in [5, 5.41) is 0. The van der Waals surface area contributed by atoms with Gasteiger partial charge in [-0.05, 0) is 67.6 Å². The van der Waals surface area contributed by atoms with Crippen LogP contribution in [0, 0.1) is 5.92 Å². The molecule has 0 aliphatic carbocycles. The molecule has 1 aliphatic rings. The average molecular weight is 411 g/mol. The zero-order chi connectivity index (χ0) is 21.3. The summed E-state index contributed by atoms with van der Waals surface area (Å²) >= 11 is 0. The molecule has 162 valence electrons. The highest BCUT2D eigenvalue weighted by Gasteiger charge is 2.23. The fraction of sp³-hybridized carbons (Fsp3) is 0.480. The smallest absolute Gasteiger partial charge is 0.253 e. The van der Waals surface area contributed by atoms with E-state index in [4.69, 9.17) is 9.47 Å². The fourth-order valence-corrected chi connectivity index (χ4v) is 4.01. The predicted octanol–water partition coefficient (Wildman–Crippen LogP) is 3.87. The highest BCUT2D eigenvalue weighted by molar-refractivity contribution is 5.94. The normalized spacial score (nSPS) is 14.9. The third-order valence-corrected chi connectivity index (χ3v) is 5.92. The van der Waals surface area contributed by atoms with Crippen molar-refractivity contribution in [2.24, 2.45) is 5.92 Å². The number of carbonyl (C=O) groups is 1. The summed E-state index contributed by atoms with van der Waals surface area (Å²) in [5.41, 5.74) is 3.45. The van der Waals surface area contributed by atoms with Crippen LogP contribution in [0.1, 0.15) is 34.3 Å². The van der Waals surface area contributed by atoms with E-state index in [-0.39, 0.29) is 5.91 Å². The molecular formula is C25H34N2O3. The molecule has 1 fully saturated rings. The largest absolute Gasteiger partial charge is 0.497 e. The molecule has 3 rings (SSSR count). The van der Waals surface area contributed by atoms with E-state index in [0.717, 1.165) is 63.4 Å². The van der Waals surface area contributed by atoms with Crippen molar-refractivity contribution < 1.29 is 14.3 Å². The van der Waals surface area contributed by atoms with E-state index >= 15 is 0 Å². The van der Waals surface area contributed by atoms with Crippen molar-refractivity contribution in [3.05, 3.63) is 65.2 Å². The summed E-state index contributed by atoms with van der Waals surface area (Å²) in [6.45, 7) is 4.30. The first-order valence-electron chi connectivity index (χ1n) is 10.8. The maximum absolute atomic E-state index is 12.7. The molecule has 5 nitrogen and oxygen atoms in total. The van der Waals surface area contributed by atoms with Crippen LogP contribution >= 0.6 is 0 Å². The van der Waals surface area contributed by atoms with Crippen LogP contribution < -0.4 is 4.74 Å². The Labute approximate surface area is 180 Å². The van der Waals surface area contributed by atoms with Gasteiger partial charge >= 0.3 is 0 Å². The number of likely N-dealkylation sites (N-methyl/N-ethyl adjacent to an activating group) is 1. The Kier molecular flexibility index (Phi) is 8.29. The first-order chi connectivity index (χ1) is 14.6. The van der Waals surface area contributed by atoms with Crippen molar-refractivity contribution in [3.8, 4) is 5.75 Å². The number of carbonyl (C=O) groups excluding carboxylic acids is 1. The number of hydrogen-bond acceptors (Lipinski definition) is 4. The zero-order valence-electron chi connectivity index (χ0n) is 18.5. The van der Waals surface area contributed by atoms with Gasteiger partial charge in [0.15, 0.2) is 0 Å². The molecule has 0 spiro atoms. The van der Waals surface area contributed by atoms with E-state index in [9.17, 15) is 4.79 Å². The summed E-state index contributed by atoms with van der Waals surface area (Å²) in [6, 6.07) is 16.4. The summed E-state index contributed by atoms with van der Waals surface area (Å²) < 4.78 is 10.3.